The zero-order valence-corrected chi connectivity index (χ0v) is 14.0. The molecule has 0 saturated carbocycles. The van der Waals surface area contributed by atoms with Crippen molar-refractivity contribution in [1.82, 2.24) is 0 Å². The molecule has 1 aromatic carbocycles. The maximum Gasteiger partial charge on any atom is 0.254 e. The van der Waals surface area contributed by atoms with Crippen LogP contribution in [0, 0.1) is 25.2 Å². The van der Waals surface area contributed by atoms with Gasteiger partial charge in [-0.3, -0.25) is 4.79 Å². The SMILES string of the molecule is Cc1ccc(C)c(-c2csc(NC(=O)[C@H]3CCCO3)c2C#N)c1. The molecule has 1 N–H and O–H groups in total. The highest BCUT2D eigenvalue weighted by Gasteiger charge is 2.25. The third kappa shape index (κ3) is 3.14. The number of carbonyl (C=O) groups is 1. The van der Waals surface area contributed by atoms with Crippen LogP contribution in [0.4, 0.5) is 5.00 Å². The van der Waals surface area contributed by atoms with Crippen molar-refractivity contribution in [3.8, 4) is 17.2 Å². The van der Waals surface area contributed by atoms with E-state index in [0.29, 0.717) is 17.2 Å². The Morgan fingerprint density at radius 2 is 2.22 bits per heavy atom. The van der Waals surface area contributed by atoms with Gasteiger partial charge >= 0.3 is 0 Å². The molecular weight excluding hydrogens is 308 g/mol. The fraction of sp³-hybridized carbons (Fsp3) is 0.333. The number of hydrogen-bond donors (Lipinski definition) is 1. The standard InChI is InChI=1S/C18H18N2O2S/c1-11-5-6-12(2)13(8-11)15-10-23-18(14(15)9-19)20-17(21)16-4-3-7-22-16/h5-6,8,10,16H,3-4,7H2,1-2H3,(H,20,21)/t16-/m1/s1. The van der Waals surface area contributed by atoms with Crippen molar-refractivity contribution < 1.29 is 9.53 Å². The number of anilines is 1. The molecule has 0 spiro atoms. The van der Waals surface area contributed by atoms with E-state index in [4.69, 9.17) is 4.74 Å². The highest BCUT2D eigenvalue weighted by molar-refractivity contribution is 7.15. The van der Waals surface area contributed by atoms with Gasteiger partial charge in [-0.2, -0.15) is 5.26 Å². The number of rotatable bonds is 3. The second-order valence-electron chi connectivity index (χ2n) is 5.77. The number of hydrogen-bond acceptors (Lipinski definition) is 4. The molecule has 1 atom stereocenters. The van der Waals surface area contributed by atoms with E-state index in [1.807, 2.05) is 25.3 Å². The lowest BCUT2D eigenvalue weighted by molar-refractivity contribution is -0.124. The average molecular weight is 326 g/mol. The number of ether oxygens (including phenoxy) is 1. The van der Waals surface area contributed by atoms with Crippen LogP contribution in [0.3, 0.4) is 0 Å². The van der Waals surface area contributed by atoms with Crippen molar-refractivity contribution in [3.63, 3.8) is 0 Å². The van der Waals surface area contributed by atoms with Gasteiger partial charge in [0.1, 0.15) is 17.2 Å². The normalized spacial score (nSPS) is 17.0. The van der Waals surface area contributed by atoms with Crippen LogP contribution in [-0.4, -0.2) is 18.6 Å². The Morgan fingerprint density at radius 3 is 2.91 bits per heavy atom. The van der Waals surface area contributed by atoms with E-state index >= 15 is 0 Å². The molecule has 1 aliphatic rings. The van der Waals surface area contributed by atoms with Crippen molar-refractivity contribution in [2.45, 2.75) is 32.8 Å². The van der Waals surface area contributed by atoms with Gasteiger partial charge in [0.2, 0.25) is 0 Å². The van der Waals surface area contributed by atoms with Crippen LogP contribution in [0.25, 0.3) is 11.1 Å². The maximum absolute atomic E-state index is 12.2. The predicted octanol–water partition coefficient (Wildman–Crippen LogP) is 4.02. The molecule has 118 valence electrons. The number of carbonyl (C=O) groups excluding carboxylic acids is 1. The fourth-order valence-corrected chi connectivity index (χ4v) is 3.68. The fourth-order valence-electron chi connectivity index (χ4n) is 2.76. The molecule has 23 heavy (non-hydrogen) atoms. The van der Waals surface area contributed by atoms with Gasteiger partial charge in [0, 0.05) is 17.6 Å². The summed E-state index contributed by atoms with van der Waals surface area (Å²) in [5.41, 5.74) is 4.69. The maximum atomic E-state index is 12.2. The first-order chi connectivity index (χ1) is 11.1. The molecule has 0 bridgehead atoms. The molecule has 1 fully saturated rings. The van der Waals surface area contributed by atoms with Crippen molar-refractivity contribution in [2.75, 3.05) is 11.9 Å². The lowest BCUT2D eigenvalue weighted by Crippen LogP contribution is -2.26. The number of nitrogens with one attached hydrogen (secondary N) is 1. The van der Waals surface area contributed by atoms with E-state index in [1.165, 1.54) is 11.3 Å². The predicted molar refractivity (Wildman–Crippen MR) is 91.5 cm³/mol. The molecule has 1 saturated heterocycles. The third-order valence-corrected chi connectivity index (χ3v) is 4.94. The molecule has 4 nitrogen and oxygen atoms in total. The molecule has 0 radical (unpaired) electrons. The molecule has 2 aromatic rings. The first kappa shape index (κ1) is 15.7. The first-order valence-corrected chi connectivity index (χ1v) is 8.50. The Labute approximate surface area is 139 Å². The number of thiophene rings is 1. The summed E-state index contributed by atoms with van der Waals surface area (Å²) in [6, 6.07) is 8.42. The van der Waals surface area contributed by atoms with E-state index in [-0.39, 0.29) is 5.91 Å². The van der Waals surface area contributed by atoms with Gasteiger partial charge in [0.05, 0.1) is 5.56 Å². The van der Waals surface area contributed by atoms with E-state index in [1.54, 1.807) is 0 Å². The van der Waals surface area contributed by atoms with Gasteiger partial charge in [0.25, 0.3) is 5.91 Å². The highest BCUT2D eigenvalue weighted by atomic mass is 32.1. The smallest absolute Gasteiger partial charge is 0.254 e. The van der Waals surface area contributed by atoms with Crippen LogP contribution >= 0.6 is 11.3 Å². The van der Waals surface area contributed by atoms with Gasteiger partial charge in [-0.05, 0) is 37.8 Å². The average Bonchev–Trinajstić information content (AvgIpc) is 3.19. The summed E-state index contributed by atoms with van der Waals surface area (Å²) < 4.78 is 5.40. The highest BCUT2D eigenvalue weighted by Crippen LogP contribution is 2.37. The minimum Gasteiger partial charge on any atom is -0.368 e. The molecule has 2 heterocycles. The number of nitriles is 1. The Morgan fingerprint density at radius 1 is 1.39 bits per heavy atom. The Kier molecular flexibility index (Phi) is 4.46. The summed E-state index contributed by atoms with van der Waals surface area (Å²) in [6.45, 7) is 4.68. The molecule has 1 aromatic heterocycles. The van der Waals surface area contributed by atoms with Crippen molar-refractivity contribution in [2.24, 2.45) is 0 Å². The zero-order valence-electron chi connectivity index (χ0n) is 13.2. The van der Waals surface area contributed by atoms with Crippen molar-refractivity contribution in [3.05, 3.63) is 40.3 Å². The van der Waals surface area contributed by atoms with Crippen molar-refractivity contribution >= 4 is 22.2 Å². The summed E-state index contributed by atoms with van der Waals surface area (Å²) in [5, 5.41) is 15.0. The van der Waals surface area contributed by atoms with E-state index in [0.717, 1.165) is 35.1 Å². The molecule has 1 aliphatic heterocycles. The second-order valence-corrected chi connectivity index (χ2v) is 6.65. The Balaban J connectivity index is 1.92. The quantitative estimate of drug-likeness (QED) is 0.926. The van der Waals surface area contributed by atoms with Crippen LogP contribution in [-0.2, 0) is 9.53 Å². The molecule has 3 rings (SSSR count). The van der Waals surface area contributed by atoms with Gasteiger partial charge in [0.15, 0.2) is 0 Å². The van der Waals surface area contributed by atoms with Crippen LogP contribution in [0.2, 0.25) is 0 Å². The minimum atomic E-state index is -0.396. The van der Waals surface area contributed by atoms with Gasteiger partial charge in [-0.15, -0.1) is 11.3 Å². The second kappa shape index (κ2) is 6.53. The third-order valence-electron chi connectivity index (χ3n) is 4.04. The summed E-state index contributed by atoms with van der Waals surface area (Å²) in [5.74, 6) is -0.159. The number of nitrogens with zero attached hydrogens (tertiary/aromatic N) is 1. The molecule has 0 aliphatic carbocycles. The van der Waals surface area contributed by atoms with Gasteiger partial charge in [-0.25, -0.2) is 0 Å². The molecular formula is C18H18N2O2S. The first-order valence-electron chi connectivity index (χ1n) is 7.62. The monoisotopic (exact) mass is 326 g/mol. The molecule has 1 amide bonds. The number of aryl methyl sites for hydroxylation is 2. The molecule has 0 unspecified atom stereocenters. The lowest BCUT2D eigenvalue weighted by Gasteiger charge is -2.10. The van der Waals surface area contributed by atoms with Crippen LogP contribution in [0.5, 0.6) is 0 Å². The number of amides is 1. The Hall–Kier alpha value is -2.16. The minimum absolute atomic E-state index is 0.159. The van der Waals surface area contributed by atoms with E-state index in [2.05, 4.69) is 23.5 Å². The summed E-state index contributed by atoms with van der Waals surface area (Å²) in [4.78, 5) is 12.2. The lowest BCUT2D eigenvalue weighted by atomic mass is 9.98. The largest absolute Gasteiger partial charge is 0.368 e. The summed E-state index contributed by atoms with van der Waals surface area (Å²) in [7, 11) is 0. The van der Waals surface area contributed by atoms with E-state index < -0.39 is 6.10 Å². The van der Waals surface area contributed by atoms with E-state index in [9.17, 15) is 10.1 Å². The van der Waals surface area contributed by atoms with Crippen molar-refractivity contribution in [1.29, 1.82) is 5.26 Å². The topological polar surface area (TPSA) is 62.1 Å². The van der Waals surface area contributed by atoms with Crippen LogP contribution in [0.15, 0.2) is 23.6 Å². The summed E-state index contributed by atoms with van der Waals surface area (Å²) >= 11 is 1.39. The van der Waals surface area contributed by atoms with Crippen LogP contribution < -0.4 is 5.32 Å². The van der Waals surface area contributed by atoms with Crippen LogP contribution in [0.1, 0.15) is 29.5 Å². The number of benzene rings is 1. The Bertz CT molecular complexity index is 783. The summed E-state index contributed by atoms with van der Waals surface area (Å²) in [6.07, 6.45) is 1.25. The van der Waals surface area contributed by atoms with Gasteiger partial charge in [-0.1, -0.05) is 23.8 Å². The molecule has 5 heteroatoms. The zero-order chi connectivity index (χ0) is 16.4. The van der Waals surface area contributed by atoms with Gasteiger partial charge < -0.3 is 10.1 Å².